The Morgan fingerprint density at radius 2 is 2.08 bits per heavy atom. The number of nitrogens with zero attached hydrogens (tertiary/aromatic N) is 1. The quantitative estimate of drug-likeness (QED) is 0.590. The van der Waals surface area contributed by atoms with Crippen LogP contribution in [0.3, 0.4) is 0 Å². The summed E-state index contributed by atoms with van der Waals surface area (Å²) in [5.74, 6) is 0. The maximum Gasteiger partial charge on any atom is 0.409 e. The van der Waals surface area contributed by atoms with E-state index in [2.05, 4.69) is 4.74 Å². The van der Waals surface area contributed by atoms with Crippen LogP contribution in [-0.2, 0) is 4.74 Å². The van der Waals surface area contributed by atoms with Crippen LogP contribution in [-0.4, -0.2) is 54.1 Å². The lowest BCUT2D eigenvalue weighted by Crippen LogP contribution is -2.34. The molecule has 0 aromatic carbocycles. The second-order valence-electron chi connectivity index (χ2n) is 2.14. The predicted molar refractivity (Wildman–Crippen MR) is 42.8 cm³/mol. The van der Waals surface area contributed by atoms with Crippen LogP contribution in [0, 0.1) is 0 Å². The Morgan fingerprint density at radius 1 is 1.42 bits per heavy atom. The van der Waals surface area contributed by atoms with Gasteiger partial charge in [-0.25, -0.2) is 4.79 Å². The molecule has 0 bridgehead atoms. The van der Waals surface area contributed by atoms with Crippen LogP contribution >= 0.6 is 0 Å². The molecular weight excluding hydrogens is 162 g/mol. The summed E-state index contributed by atoms with van der Waals surface area (Å²) in [6.07, 6.45) is -0.499. The Labute approximate surface area is 71.6 Å². The molecule has 0 spiro atoms. The minimum absolute atomic E-state index is 0.000756. The lowest BCUT2D eigenvalue weighted by atomic mass is 10.5. The van der Waals surface area contributed by atoms with E-state index in [-0.39, 0.29) is 26.4 Å². The van der Waals surface area contributed by atoms with Crippen molar-refractivity contribution in [1.29, 1.82) is 0 Å². The first-order valence-electron chi connectivity index (χ1n) is 3.89. The highest BCUT2D eigenvalue weighted by atomic mass is 16.6. The highest BCUT2D eigenvalue weighted by molar-refractivity contribution is 5.67. The molecule has 0 saturated carbocycles. The maximum atomic E-state index is 11.0. The molecule has 0 saturated heterocycles. The highest BCUT2D eigenvalue weighted by Gasteiger charge is 2.10. The van der Waals surface area contributed by atoms with Gasteiger partial charge in [0.25, 0.3) is 0 Å². The van der Waals surface area contributed by atoms with Crippen molar-refractivity contribution in [2.24, 2.45) is 0 Å². The second kappa shape index (κ2) is 6.87. The summed E-state index contributed by atoms with van der Waals surface area (Å²) in [6, 6.07) is 0. The number of hydrogen-bond donors (Lipinski definition) is 2. The molecule has 5 nitrogen and oxygen atoms in total. The van der Waals surface area contributed by atoms with Crippen LogP contribution in [0.4, 0.5) is 4.79 Å². The minimum atomic E-state index is -0.499. The number of hydrogen-bond acceptors (Lipinski definition) is 4. The van der Waals surface area contributed by atoms with Gasteiger partial charge in [-0.3, -0.25) is 0 Å². The number of aliphatic hydroxyl groups is 2. The molecule has 0 aliphatic carbocycles. The summed E-state index contributed by atoms with van der Waals surface area (Å²) in [6.45, 7) is 2.28. The molecule has 0 heterocycles. The van der Waals surface area contributed by atoms with Gasteiger partial charge in [0.2, 0.25) is 0 Å². The van der Waals surface area contributed by atoms with E-state index in [0.29, 0.717) is 6.54 Å². The summed E-state index contributed by atoms with van der Waals surface area (Å²) < 4.78 is 4.62. The van der Waals surface area contributed by atoms with E-state index < -0.39 is 6.09 Å². The van der Waals surface area contributed by atoms with Gasteiger partial charge in [-0.15, -0.1) is 0 Å². The van der Waals surface area contributed by atoms with Crippen molar-refractivity contribution >= 4 is 6.09 Å². The molecule has 0 aromatic heterocycles. The van der Waals surface area contributed by atoms with Gasteiger partial charge in [0.1, 0.15) is 6.61 Å². The number of rotatable bonds is 5. The number of ether oxygens (including phenoxy) is 1. The summed E-state index contributed by atoms with van der Waals surface area (Å²) >= 11 is 0. The molecular formula is C7H15NO4. The smallest absolute Gasteiger partial charge is 0.409 e. The van der Waals surface area contributed by atoms with Gasteiger partial charge < -0.3 is 19.8 Å². The third-order valence-electron chi connectivity index (χ3n) is 1.33. The monoisotopic (exact) mass is 177 g/mol. The van der Waals surface area contributed by atoms with Crippen molar-refractivity contribution in [1.82, 2.24) is 4.90 Å². The molecule has 0 unspecified atom stereocenters. The van der Waals surface area contributed by atoms with Crippen molar-refractivity contribution in [2.75, 3.05) is 32.9 Å². The van der Waals surface area contributed by atoms with Crippen molar-refractivity contribution in [2.45, 2.75) is 6.92 Å². The predicted octanol–water partition coefficient (Wildman–Crippen LogP) is -0.571. The Balaban J connectivity index is 3.69. The molecule has 0 atom stereocenters. The van der Waals surface area contributed by atoms with Crippen LogP contribution in [0.25, 0.3) is 0 Å². The number of likely N-dealkylation sites (N-methyl/N-ethyl adjacent to an activating group) is 1. The minimum Gasteiger partial charge on any atom is -0.447 e. The molecule has 72 valence electrons. The Kier molecular flexibility index (Phi) is 6.41. The molecule has 1 amide bonds. The van der Waals surface area contributed by atoms with Crippen LogP contribution < -0.4 is 0 Å². The average molecular weight is 177 g/mol. The SMILES string of the molecule is CCN(CCO)C(=O)OCCO. The van der Waals surface area contributed by atoms with Gasteiger partial charge in [-0.1, -0.05) is 0 Å². The number of carbonyl (C=O) groups excluding carboxylic acids is 1. The Hall–Kier alpha value is -0.810. The van der Waals surface area contributed by atoms with Crippen LogP contribution in [0.5, 0.6) is 0 Å². The van der Waals surface area contributed by atoms with Crippen LogP contribution in [0.15, 0.2) is 0 Å². The largest absolute Gasteiger partial charge is 0.447 e. The summed E-state index contributed by atoms with van der Waals surface area (Å²) in [4.78, 5) is 12.4. The molecule has 0 aromatic rings. The second-order valence-corrected chi connectivity index (χ2v) is 2.14. The van der Waals surface area contributed by atoms with E-state index in [9.17, 15) is 4.79 Å². The third kappa shape index (κ3) is 4.15. The fraction of sp³-hybridized carbons (Fsp3) is 0.857. The summed E-state index contributed by atoms with van der Waals surface area (Å²) in [7, 11) is 0. The molecule has 0 aliphatic rings. The zero-order chi connectivity index (χ0) is 9.40. The lowest BCUT2D eigenvalue weighted by Gasteiger charge is -2.18. The molecule has 0 radical (unpaired) electrons. The van der Waals surface area contributed by atoms with E-state index in [1.54, 1.807) is 6.92 Å². The molecule has 0 aliphatic heterocycles. The van der Waals surface area contributed by atoms with E-state index in [0.717, 1.165) is 0 Å². The maximum absolute atomic E-state index is 11.0. The molecule has 0 fully saturated rings. The summed E-state index contributed by atoms with van der Waals surface area (Å²) in [5.41, 5.74) is 0. The van der Waals surface area contributed by atoms with Crippen molar-refractivity contribution < 1.29 is 19.7 Å². The Bertz CT molecular complexity index is 129. The zero-order valence-electron chi connectivity index (χ0n) is 7.19. The third-order valence-corrected chi connectivity index (χ3v) is 1.33. The van der Waals surface area contributed by atoms with Gasteiger partial charge in [0.05, 0.1) is 13.2 Å². The van der Waals surface area contributed by atoms with Crippen molar-refractivity contribution in [3.63, 3.8) is 0 Å². The molecule has 5 heteroatoms. The van der Waals surface area contributed by atoms with Crippen molar-refractivity contribution in [3.8, 4) is 0 Å². The van der Waals surface area contributed by atoms with Crippen LogP contribution in [0.2, 0.25) is 0 Å². The first-order valence-corrected chi connectivity index (χ1v) is 3.89. The highest BCUT2D eigenvalue weighted by Crippen LogP contribution is 1.92. The van der Waals surface area contributed by atoms with Gasteiger partial charge >= 0.3 is 6.09 Å². The zero-order valence-corrected chi connectivity index (χ0v) is 7.19. The van der Waals surface area contributed by atoms with Gasteiger partial charge in [-0.05, 0) is 6.92 Å². The number of carbonyl (C=O) groups is 1. The van der Waals surface area contributed by atoms with E-state index in [1.807, 2.05) is 0 Å². The molecule has 2 N–H and O–H groups in total. The first-order chi connectivity index (χ1) is 5.76. The van der Waals surface area contributed by atoms with Crippen molar-refractivity contribution in [3.05, 3.63) is 0 Å². The standard InChI is InChI=1S/C7H15NO4/c1-2-8(3-4-9)7(11)12-6-5-10/h9-10H,2-6H2,1H3. The first kappa shape index (κ1) is 11.2. The van der Waals surface area contributed by atoms with Gasteiger partial charge in [-0.2, -0.15) is 0 Å². The Morgan fingerprint density at radius 3 is 2.50 bits per heavy atom. The molecule has 12 heavy (non-hydrogen) atoms. The van der Waals surface area contributed by atoms with Gasteiger partial charge in [0, 0.05) is 13.1 Å². The van der Waals surface area contributed by atoms with Gasteiger partial charge in [0.15, 0.2) is 0 Å². The number of amides is 1. The fourth-order valence-corrected chi connectivity index (χ4v) is 0.723. The van der Waals surface area contributed by atoms with E-state index in [1.165, 1.54) is 4.90 Å². The van der Waals surface area contributed by atoms with Crippen LogP contribution in [0.1, 0.15) is 6.92 Å². The molecule has 0 rings (SSSR count). The fourth-order valence-electron chi connectivity index (χ4n) is 0.723. The topological polar surface area (TPSA) is 70.0 Å². The lowest BCUT2D eigenvalue weighted by molar-refractivity contribution is 0.0799. The summed E-state index contributed by atoms with van der Waals surface area (Å²) in [5, 5.41) is 16.9. The average Bonchev–Trinajstić information content (AvgIpc) is 2.10. The van der Waals surface area contributed by atoms with E-state index >= 15 is 0 Å². The number of aliphatic hydroxyl groups excluding tert-OH is 2. The normalized spacial score (nSPS) is 9.58. The van der Waals surface area contributed by atoms with E-state index in [4.69, 9.17) is 10.2 Å².